The van der Waals surface area contributed by atoms with Crippen molar-refractivity contribution in [3.05, 3.63) is 48.4 Å². The van der Waals surface area contributed by atoms with E-state index in [4.69, 9.17) is 13.9 Å². The molecular weight excluding hydrogens is 422 g/mol. The quantitative estimate of drug-likeness (QED) is 0.690. The second kappa shape index (κ2) is 10.9. The fourth-order valence-electron chi connectivity index (χ4n) is 4.66. The van der Waals surface area contributed by atoms with Crippen molar-refractivity contribution in [3.8, 4) is 5.75 Å². The highest BCUT2D eigenvalue weighted by atomic mass is 16.5. The summed E-state index contributed by atoms with van der Waals surface area (Å²) in [6, 6.07) is 10.3. The van der Waals surface area contributed by atoms with E-state index in [2.05, 4.69) is 24.1 Å². The number of nitrogens with one attached hydrogen (secondary N) is 1. The van der Waals surface area contributed by atoms with E-state index in [9.17, 15) is 9.59 Å². The summed E-state index contributed by atoms with van der Waals surface area (Å²) in [5.41, 5.74) is 0.578. The maximum atomic E-state index is 12.7. The zero-order valence-corrected chi connectivity index (χ0v) is 19.4. The monoisotopic (exact) mass is 455 g/mol. The largest absolute Gasteiger partial charge is 0.484 e. The highest BCUT2D eigenvalue weighted by Crippen LogP contribution is 2.22. The molecule has 2 atom stereocenters. The lowest BCUT2D eigenvalue weighted by Crippen LogP contribution is -2.49. The molecule has 0 aliphatic carbocycles. The number of furan rings is 1. The number of nitrogens with zero attached hydrogens (tertiary/aromatic N) is 2. The molecule has 178 valence electrons. The molecule has 8 heteroatoms. The third-order valence-corrected chi connectivity index (χ3v) is 6.18. The number of carbonyl (C=O) groups is 2. The number of likely N-dealkylation sites (tertiary alicyclic amines) is 1. The molecule has 33 heavy (non-hydrogen) atoms. The number of ether oxygens (including phenoxy) is 2. The molecule has 2 aliphatic heterocycles. The van der Waals surface area contributed by atoms with Gasteiger partial charge in [0, 0.05) is 44.5 Å². The van der Waals surface area contributed by atoms with Crippen LogP contribution in [0.4, 0.5) is 5.69 Å². The zero-order valence-electron chi connectivity index (χ0n) is 19.4. The van der Waals surface area contributed by atoms with Crippen molar-refractivity contribution in [2.75, 3.05) is 44.6 Å². The van der Waals surface area contributed by atoms with Crippen LogP contribution in [0.15, 0.2) is 47.1 Å². The molecule has 2 aromatic rings. The van der Waals surface area contributed by atoms with Crippen molar-refractivity contribution in [2.24, 2.45) is 5.92 Å². The van der Waals surface area contributed by atoms with E-state index in [1.807, 2.05) is 4.90 Å². The van der Waals surface area contributed by atoms with Crippen LogP contribution in [0.2, 0.25) is 0 Å². The Labute approximate surface area is 194 Å². The van der Waals surface area contributed by atoms with Gasteiger partial charge in [0.1, 0.15) is 5.75 Å². The minimum Gasteiger partial charge on any atom is -0.484 e. The van der Waals surface area contributed by atoms with Crippen LogP contribution in [0.1, 0.15) is 37.2 Å². The molecule has 1 N–H and O–H groups in total. The fourth-order valence-corrected chi connectivity index (χ4v) is 4.66. The van der Waals surface area contributed by atoms with Crippen LogP contribution in [-0.2, 0) is 9.53 Å². The third kappa shape index (κ3) is 6.58. The summed E-state index contributed by atoms with van der Waals surface area (Å²) in [5.74, 6) is 1.04. The number of rotatable bonds is 7. The van der Waals surface area contributed by atoms with Crippen LogP contribution in [0.3, 0.4) is 0 Å². The topological polar surface area (TPSA) is 84.3 Å². The number of morpholine rings is 1. The molecule has 1 aromatic heterocycles. The van der Waals surface area contributed by atoms with Crippen molar-refractivity contribution >= 4 is 17.5 Å². The molecule has 0 bridgehead atoms. The summed E-state index contributed by atoms with van der Waals surface area (Å²) in [6.45, 7) is 8.82. The molecule has 3 heterocycles. The maximum Gasteiger partial charge on any atom is 0.291 e. The van der Waals surface area contributed by atoms with Gasteiger partial charge in [-0.3, -0.25) is 14.5 Å². The van der Waals surface area contributed by atoms with E-state index in [1.54, 1.807) is 36.4 Å². The van der Waals surface area contributed by atoms with Gasteiger partial charge in [-0.1, -0.05) is 6.07 Å². The normalized spacial score (nSPS) is 22.2. The van der Waals surface area contributed by atoms with Gasteiger partial charge in [0.15, 0.2) is 12.4 Å². The Hall–Kier alpha value is -2.84. The highest BCUT2D eigenvalue weighted by molar-refractivity contribution is 6.02. The minimum absolute atomic E-state index is 0.00732. The molecule has 2 unspecified atom stereocenters. The van der Waals surface area contributed by atoms with E-state index >= 15 is 0 Å². The molecule has 1 aromatic carbocycles. The number of anilines is 1. The van der Waals surface area contributed by atoms with Crippen molar-refractivity contribution in [2.45, 2.75) is 38.9 Å². The third-order valence-electron chi connectivity index (χ3n) is 6.18. The Morgan fingerprint density at radius 1 is 1.09 bits per heavy atom. The summed E-state index contributed by atoms with van der Waals surface area (Å²) in [6.07, 6.45) is 4.04. The van der Waals surface area contributed by atoms with E-state index in [1.165, 1.54) is 6.26 Å². The van der Waals surface area contributed by atoms with Crippen molar-refractivity contribution < 1.29 is 23.5 Å². The number of benzene rings is 1. The number of piperidine rings is 1. The van der Waals surface area contributed by atoms with Crippen LogP contribution in [0, 0.1) is 5.92 Å². The van der Waals surface area contributed by atoms with Crippen LogP contribution in [0.5, 0.6) is 5.75 Å². The molecule has 0 saturated carbocycles. The number of hydrogen-bond donors (Lipinski definition) is 1. The lowest BCUT2D eigenvalue weighted by Gasteiger charge is -2.39. The van der Waals surface area contributed by atoms with Gasteiger partial charge in [0.05, 0.1) is 18.5 Å². The van der Waals surface area contributed by atoms with Crippen molar-refractivity contribution in [1.29, 1.82) is 0 Å². The Bertz CT molecular complexity index is 914. The number of carbonyl (C=O) groups excluding carboxylic acids is 2. The van der Waals surface area contributed by atoms with Gasteiger partial charge in [-0.2, -0.15) is 0 Å². The van der Waals surface area contributed by atoms with Gasteiger partial charge in [-0.25, -0.2) is 0 Å². The van der Waals surface area contributed by atoms with Gasteiger partial charge < -0.3 is 24.1 Å². The molecular formula is C25H33N3O5. The fraction of sp³-hybridized carbons (Fsp3) is 0.520. The maximum absolute atomic E-state index is 12.7. The Kier molecular flexibility index (Phi) is 7.67. The first-order chi connectivity index (χ1) is 16.0. The van der Waals surface area contributed by atoms with E-state index < -0.39 is 0 Å². The Morgan fingerprint density at radius 3 is 2.55 bits per heavy atom. The van der Waals surface area contributed by atoms with Gasteiger partial charge in [-0.05, 0) is 56.9 Å². The molecule has 0 spiro atoms. The average molecular weight is 456 g/mol. The lowest BCUT2D eigenvalue weighted by atomic mass is 9.95. The molecule has 2 saturated heterocycles. The smallest absolute Gasteiger partial charge is 0.291 e. The summed E-state index contributed by atoms with van der Waals surface area (Å²) >= 11 is 0. The molecule has 2 fully saturated rings. The Balaban J connectivity index is 1.20. The number of hydrogen-bond acceptors (Lipinski definition) is 6. The Morgan fingerprint density at radius 2 is 1.85 bits per heavy atom. The predicted octanol–water partition coefficient (Wildman–Crippen LogP) is 3.26. The standard InChI is InChI=1S/C25H33N3O5/c1-18-14-27(15-19(2)33-18)16-20-8-10-28(11-9-20)24(29)17-32-22-6-3-5-21(13-22)26-25(30)23-7-4-12-31-23/h3-7,12-13,18-20H,8-11,14-17H2,1-2H3,(H,26,30). The highest BCUT2D eigenvalue weighted by Gasteiger charge is 2.28. The average Bonchev–Trinajstić information content (AvgIpc) is 3.33. The number of amides is 2. The van der Waals surface area contributed by atoms with Gasteiger partial charge in [-0.15, -0.1) is 0 Å². The molecule has 8 nitrogen and oxygen atoms in total. The van der Waals surface area contributed by atoms with Crippen molar-refractivity contribution in [3.63, 3.8) is 0 Å². The first-order valence-electron chi connectivity index (χ1n) is 11.7. The lowest BCUT2D eigenvalue weighted by molar-refractivity contribution is -0.135. The second-order valence-corrected chi connectivity index (χ2v) is 9.05. The molecule has 2 aliphatic rings. The summed E-state index contributed by atoms with van der Waals surface area (Å²) in [7, 11) is 0. The summed E-state index contributed by atoms with van der Waals surface area (Å²) in [4.78, 5) is 29.2. The van der Waals surface area contributed by atoms with E-state index in [0.29, 0.717) is 17.4 Å². The second-order valence-electron chi connectivity index (χ2n) is 9.05. The zero-order chi connectivity index (χ0) is 23.2. The summed E-state index contributed by atoms with van der Waals surface area (Å²) in [5, 5.41) is 2.76. The van der Waals surface area contributed by atoms with E-state index in [0.717, 1.165) is 45.6 Å². The minimum atomic E-state index is -0.336. The van der Waals surface area contributed by atoms with Crippen LogP contribution in [0.25, 0.3) is 0 Å². The first-order valence-corrected chi connectivity index (χ1v) is 11.7. The van der Waals surface area contributed by atoms with Gasteiger partial charge >= 0.3 is 0 Å². The molecule has 4 rings (SSSR count). The van der Waals surface area contributed by atoms with Crippen LogP contribution < -0.4 is 10.1 Å². The molecule has 0 radical (unpaired) electrons. The van der Waals surface area contributed by atoms with Gasteiger partial charge in [0.25, 0.3) is 11.8 Å². The first kappa shape index (κ1) is 23.3. The SMILES string of the molecule is CC1CN(CC2CCN(C(=O)COc3cccc(NC(=O)c4ccco4)c3)CC2)CC(C)O1. The summed E-state index contributed by atoms with van der Waals surface area (Å²) < 4.78 is 16.6. The van der Waals surface area contributed by atoms with Gasteiger partial charge in [0.2, 0.25) is 0 Å². The van der Waals surface area contributed by atoms with Crippen LogP contribution in [-0.4, -0.2) is 73.2 Å². The van der Waals surface area contributed by atoms with Crippen molar-refractivity contribution in [1.82, 2.24) is 9.80 Å². The predicted molar refractivity (Wildman–Crippen MR) is 124 cm³/mol. The van der Waals surface area contributed by atoms with Crippen LogP contribution >= 0.6 is 0 Å². The van der Waals surface area contributed by atoms with E-state index in [-0.39, 0.29) is 36.4 Å². The molecule has 2 amide bonds.